The second-order valence-corrected chi connectivity index (χ2v) is 8.14. The Morgan fingerprint density at radius 2 is 2.04 bits per heavy atom. The maximum Gasteiger partial charge on any atom is 0.317 e. The highest BCUT2D eigenvalue weighted by molar-refractivity contribution is 7.13. The van der Waals surface area contributed by atoms with E-state index in [0.29, 0.717) is 24.0 Å². The molecule has 1 atom stereocenters. The van der Waals surface area contributed by atoms with Crippen LogP contribution in [0.1, 0.15) is 47.4 Å². The molecular weight excluding hydrogens is 362 g/mol. The number of anilines is 1. The number of para-hydroxylation sites is 1. The molecular formula is C19H25N5O2S. The van der Waals surface area contributed by atoms with E-state index < -0.39 is 0 Å². The lowest BCUT2D eigenvalue weighted by atomic mass is 9.99. The summed E-state index contributed by atoms with van der Waals surface area (Å²) in [5, 5.41) is 15.2. The molecule has 0 radical (unpaired) electrons. The van der Waals surface area contributed by atoms with Crippen molar-refractivity contribution in [3.8, 4) is 0 Å². The number of rotatable bonds is 5. The fourth-order valence-corrected chi connectivity index (χ4v) is 3.83. The van der Waals surface area contributed by atoms with Crippen LogP contribution >= 0.6 is 11.3 Å². The van der Waals surface area contributed by atoms with Crippen LogP contribution in [0.25, 0.3) is 0 Å². The second kappa shape index (κ2) is 8.94. The lowest BCUT2D eigenvalue weighted by Gasteiger charge is -2.31. The molecule has 0 bridgehead atoms. The molecule has 8 heteroatoms. The van der Waals surface area contributed by atoms with E-state index in [1.54, 1.807) is 0 Å². The Balaban J connectivity index is 1.60. The van der Waals surface area contributed by atoms with Crippen LogP contribution in [0.15, 0.2) is 30.3 Å². The van der Waals surface area contributed by atoms with Crippen molar-refractivity contribution >= 4 is 29.0 Å². The summed E-state index contributed by atoms with van der Waals surface area (Å²) in [7, 11) is 0. The Labute approximate surface area is 163 Å². The highest BCUT2D eigenvalue weighted by Gasteiger charge is 2.28. The number of hydrogen-bond acceptors (Lipinski definition) is 5. The topological polar surface area (TPSA) is 87.2 Å². The Morgan fingerprint density at radius 3 is 2.78 bits per heavy atom. The molecule has 7 nitrogen and oxygen atoms in total. The summed E-state index contributed by atoms with van der Waals surface area (Å²) < 4.78 is 0. The molecule has 2 N–H and O–H groups in total. The van der Waals surface area contributed by atoms with Crippen molar-refractivity contribution in [2.45, 2.75) is 32.6 Å². The van der Waals surface area contributed by atoms with Crippen molar-refractivity contribution in [1.82, 2.24) is 20.4 Å². The van der Waals surface area contributed by atoms with Crippen molar-refractivity contribution in [3.05, 3.63) is 40.3 Å². The summed E-state index contributed by atoms with van der Waals surface area (Å²) in [5.74, 6) is 0.287. The molecule has 0 unspecified atom stereocenters. The molecule has 1 aliphatic rings. The summed E-state index contributed by atoms with van der Waals surface area (Å²) in [6.07, 6.45) is 1.87. The van der Waals surface area contributed by atoms with Gasteiger partial charge in [0.1, 0.15) is 5.01 Å². The van der Waals surface area contributed by atoms with E-state index in [-0.39, 0.29) is 17.9 Å². The Kier molecular flexibility index (Phi) is 6.39. The molecule has 0 saturated carbocycles. The fraction of sp³-hybridized carbons (Fsp3) is 0.474. The Morgan fingerprint density at radius 1 is 1.26 bits per heavy atom. The number of aromatic nitrogens is 2. The monoisotopic (exact) mass is 387 g/mol. The van der Waals surface area contributed by atoms with Gasteiger partial charge in [0, 0.05) is 31.2 Å². The van der Waals surface area contributed by atoms with Gasteiger partial charge in [-0.2, -0.15) is 0 Å². The van der Waals surface area contributed by atoms with Gasteiger partial charge < -0.3 is 15.5 Å². The summed E-state index contributed by atoms with van der Waals surface area (Å²) >= 11 is 1.31. The van der Waals surface area contributed by atoms with Gasteiger partial charge in [-0.25, -0.2) is 4.79 Å². The number of piperidine rings is 1. The minimum atomic E-state index is -0.257. The van der Waals surface area contributed by atoms with Crippen LogP contribution in [-0.4, -0.2) is 46.7 Å². The van der Waals surface area contributed by atoms with Crippen LogP contribution in [0.5, 0.6) is 0 Å². The average molecular weight is 388 g/mol. The summed E-state index contributed by atoms with van der Waals surface area (Å²) in [6.45, 7) is 6.17. The molecule has 3 amide bonds. The van der Waals surface area contributed by atoms with Gasteiger partial charge in [-0.3, -0.25) is 4.79 Å². The Bertz CT molecular complexity index is 777. The van der Waals surface area contributed by atoms with Crippen molar-refractivity contribution in [2.75, 3.05) is 25.0 Å². The number of amides is 3. The molecule has 1 saturated heterocycles. The summed E-state index contributed by atoms with van der Waals surface area (Å²) in [5.41, 5.74) is 0.727. The molecule has 0 aliphatic carbocycles. The van der Waals surface area contributed by atoms with Crippen molar-refractivity contribution in [3.63, 3.8) is 0 Å². The van der Waals surface area contributed by atoms with E-state index in [9.17, 15) is 9.59 Å². The van der Waals surface area contributed by atoms with Crippen molar-refractivity contribution < 1.29 is 9.59 Å². The number of carbonyl (C=O) groups is 2. The van der Waals surface area contributed by atoms with Crippen LogP contribution in [0.2, 0.25) is 0 Å². The smallest absolute Gasteiger partial charge is 0.317 e. The zero-order chi connectivity index (χ0) is 19.2. The standard InChI is InChI=1S/C19H25N5O2S/c1-13(2)11-20-19(26)24-10-6-7-14(12-24)17-22-23-18(27-17)16(25)21-15-8-4-3-5-9-15/h3-5,8-9,13-14H,6-7,10-12H2,1-2H3,(H,20,26)(H,21,25)/t14-/m0/s1. The maximum atomic E-state index is 12.4. The quantitative estimate of drug-likeness (QED) is 0.824. The second-order valence-electron chi connectivity index (χ2n) is 7.13. The van der Waals surface area contributed by atoms with Crippen LogP contribution in [0.4, 0.5) is 10.5 Å². The number of benzene rings is 1. The number of hydrogen-bond donors (Lipinski definition) is 2. The maximum absolute atomic E-state index is 12.4. The third-order valence-corrected chi connectivity index (χ3v) is 5.47. The lowest BCUT2D eigenvalue weighted by molar-refractivity contribution is 0.102. The first kappa shape index (κ1) is 19.3. The predicted molar refractivity (Wildman–Crippen MR) is 106 cm³/mol. The fourth-order valence-electron chi connectivity index (χ4n) is 2.96. The average Bonchev–Trinajstić information content (AvgIpc) is 3.17. The number of likely N-dealkylation sites (tertiary alicyclic amines) is 1. The van der Waals surface area contributed by atoms with Crippen LogP contribution in [0.3, 0.4) is 0 Å². The molecule has 27 heavy (non-hydrogen) atoms. The SMILES string of the molecule is CC(C)CNC(=O)N1CCC[C@H](c2nnc(C(=O)Nc3ccccc3)s2)C1. The molecule has 1 aromatic carbocycles. The lowest BCUT2D eigenvalue weighted by Crippen LogP contribution is -2.45. The van der Waals surface area contributed by atoms with E-state index in [1.165, 1.54) is 11.3 Å². The molecule has 1 fully saturated rings. The summed E-state index contributed by atoms with van der Waals surface area (Å²) in [4.78, 5) is 26.5. The van der Waals surface area contributed by atoms with Gasteiger partial charge in [0.25, 0.3) is 5.91 Å². The number of nitrogens with zero attached hydrogens (tertiary/aromatic N) is 3. The van der Waals surface area contributed by atoms with Gasteiger partial charge >= 0.3 is 6.03 Å². The molecule has 2 aromatic rings. The van der Waals surface area contributed by atoms with Crippen LogP contribution in [0, 0.1) is 5.92 Å². The highest BCUT2D eigenvalue weighted by atomic mass is 32.1. The van der Waals surface area contributed by atoms with E-state index in [0.717, 1.165) is 30.1 Å². The largest absolute Gasteiger partial charge is 0.338 e. The predicted octanol–water partition coefficient (Wildman–Crippen LogP) is 3.34. The molecule has 1 aromatic heterocycles. The van der Waals surface area contributed by atoms with Crippen LogP contribution in [-0.2, 0) is 0 Å². The first-order valence-electron chi connectivity index (χ1n) is 9.25. The van der Waals surface area contributed by atoms with Gasteiger partial charge in [-0.1, -0.05) is 43.4 Å². The third-order valence-electron chi connectivity index (χ3n) is 4.39. The molecule has 1 aliphatic heterocycles. The van der Waals surface area contributed by atoms with E-state index >= 15 is 0 Å². The molecule has 0 spiro atoms. The molecule has 3 rings (SSSR count). The van der Waals surface area contributed by atoms with Gasteiger partial charge in [0.15, 0.2) is 0 Å². The van der Waals surface area contributed by atoms with E-state index in [4.69, 9.17) is 0 Å². The van der Waals surface area contributed by atoms with Crippen molar-refractivity contribution in [2.24, 2.45) is 5.92 Å². The number of carbonyl (C=O) groups excluding carboxylic acids is 2. The zero-order valence-electron chi connectivity index (χ0n) is 15.6. The normalized spacial score (nSPS) is 17.0. The van der Waals surface area contributed by atoms with E-state index in [2.05, 4.69) is 34.7 Å². The first-order chi connectivity index (χ1) is 13.0. The first-order valence-corrected chi connectivity index (χ1v) is 10.1. The van der Waals surface area contributed by atoms with Gasteiger partial charge in [-0.05, 0) is 30.9 Å². The van der Waals surface area contributed by atoms with Gasteiger partial charge in [0.05, 0.1) is 0 Å². The van der Waals surface area contributed by atoms with Crippen LogP contribution < -0.4 is 10.6 Å². The van der Waals surface area contributed by atoms with Gasteiger partial charge in [-0.15, -0.1) is 10.2 Å². The number of nitrogens with one attached hydrogen (secondary N) is 2. The molecule has 2 heterocycles. The minimum Gasteiger partial charge on any atom is -0.338 e. The van der Waals surface area contributed by atoms with E-state index in [1.807, 2.05) is 35.2 Å². The third kappa shape index (κ3) is 5.26. The van der Waals surface area contributed by atoms with Crippen molar-refractivity contribution in [1.29, 1.82) is 0 Å². The molecule has 144 valence electrons. The zero-order valence-corrected chi connectivity index (χ0v) is 16.5. The summed E-state index contributed by atoms with van der Waals surface area (Å²) in [6, 6.07) is 9.25. The highest BCUT2D eigenvalue weighted by Crippen LogP contribution is 2.29. The number of urea groups is 1. The minimum absolute atomic E-state index is 0.0278. The Hall–Kier alpha value is -2.48. The van der Waals surface area contributed by atoms with Gasteiger partial charge in [0.2, 0.25) is 5.01 Å².